The van der Waals surface area contributed by atoms with Crippen LogP contribution in [-0.4, -0.2) is 49.2 Å². The molecule has 0 radical (unpaired) electrons. The molecular weight excluding hydrogens is 262 g/mol. The Morgan fingerprint density at radius 1 is 1.19 bits per heavy atom. The van der Waals surface area contributed by atoms with E-state index in [1.165, 1.54) is 51.6 Å². The van der Waals surface area contributed by atoms with Crippen molar-refractivity contribution >= 4 is 5.96 Å². The highest BCUT2D eigenvalue weighted by atomic mass is 16.5. The van der Waals surface area contributed by atoms with Crippen molar-refractivity contribution < 1.29 is 4.74 Å². The van der Waals surface area contributed by atoms with Crippen LogP contribution in [0.4, 0.5) is 0 Å². The number of hydrogen-bond donors (Lipinski definition) is 1. The quantitative estimate of drug-likeness (QED) is 0.640. The highest BCUT2D eigenvalue weighted by molar-refractivity contribution is 5.80. The van der Waals surface area contributed by atoms with Gasteiger partial charge in [0.15, 0.2) is 5.96 Å². The van der Waals surface area contributed by atoms with Crippen molar-refractivity contribution in [2.45, 2.75) is 70.9 Å². The predicted octanol–water partition coefficient (Wildman–Crippen LogP) is 2.79. The molecule has 1 N–H and O–H groups in total. The summed E-state index contributed by atoms with van der Waals surface area (Å²) in [5, 5.41) is 3.81. The molecule has 120 valence electrons. The van der Waals surface area contributed by atoms with Gasteiger partial charge in [-0.3, -0.25) is 4.99 Å². The van der Waals surface area contributed by atoms with Crippen LogP contribution >= 0.6 is 0 Å². The van der Waals surface area contributed by atoms with Crippen molar-refractivity contribution in [1.29, 1.82) is 0 Å². The van der Waals surface area contributed by atoms with Gasteiger partial charge < -0.3 is 15.0 Å². The first-order valence-corrected chi connectivity index (χ1v) is 8.97. The first-order valence-electron chi connectivity index (χ1n) is 8.97. The molecule has 4 heteroatoms. The lowest BCUT2D eigenvalue weighted by atomic mass is 9.60. The van der Waals surface area contributed by atoms with Gasteiger partial charge in [-0.2, -0.15) is 0 Å². The second-order valence-corrected chi connectivity index (χ2v) is 6.81. The Balaban J connectivity index is 1.67. The number of nitrogens with one attached hydrogen (secondary N) is 1. The lowest BCUT2D eigenvalue weighted by molar-refractivity contribution is -0.126. The molecular formula is C17H31N3O. The van der Waals surface area contributed by atoms with Crippen LogP contribution in [-0.2, 0) is 4.74 Å². The second kappa shape index (κ2) is 6.55. The van der Waals surface area contributed by atoms with E-state index in [9.17, 15) is 0 Å². The van der Waals surface area contributed by atoms with Gasteiger partial charge in [0.25, 0.3) is 0 Å². The van der Waals surface area contributed by atoms with Gasteiger partial charge in [0.2, 0.25) is 0 Å². The summed E-state index contributed by atoms with van der Waals surface area (Å²) in [4.78, 5) is 7.19. The molecule has 0 bridgehead atoms. The van der Waals surface area contributed by atoms with Crippen LogP contribution in [0, 0.1) is 5.41 Å². The van der Waals surface area contributed by atoms with Gasteiger partial charge in [0, 0.05) is 37.7 Å². The monoisotopic (exact) mass is 293 g/mol. The average molecular weight is 293 g/mol. The molecule has 3 aliphatic rings. The van der Waals surface area contributed by atoms with E-state index < -0.39 is 0 Å². The molecule has 1 saturated heterocycles. The number of ether oxygens (including phenoxy) is 1. The van der Waals surface area contributed by atoms with Gasteiger partial charge in [-0.15, -0.1) is 0 Å². The van der Waals surface area contributed by atoms with Gasteiger partial charge in [-0.1, -0.05) is 12.8 Å². The van der Waals surface area contributed by atoms with Gasteiger partial charge in [0.1, 0.15) is 0 Å². The molecule has 1 aliphatic heterocycles. The maximum Gasteiger partial charge on any atom is 0.194 e. The zero-order chi connectivity index (χ0) is 14.7. The minimum atomic E-state index is 0.393. The molecule has 0 aromatic carbocycles. The summed E-state index contributed by atoms with van der Waals surface area (Å²) >= 11 is 0. The topological polar surface area (TPSA) is 36.9 Å². The highest BCUT2D eigenvalue weighted by Gasteiger charge is 2.57. The summed E-state index contributed by atoms with van der Waals surface area (Å²) < 4.78 is 6.02. The summed E-state index contributed by atoms with van der Waals surface area (Å²) in [6.07, 6.45) is 9.64. The summed E-state index contributed by atoms with van der Waals surface area (Å²) in [5.74, 6) is 1.15. The fourth-order valence-corrected chi connectivity index (χ4v) is 4.56. The van der Waals surface area contributed by atoms with E-state index in [1.54, 1.807) is 0 Å². The van der Waals surface area contributed by atoms with E-state index in [0.29, 0.717) is 17.6 Å². The summed E-state index contributed by atoms with van der Waals surface area (Å²) in [7, 11) is 0. The van der Waals surface area contributed by atoms with Crippen molar-refractivity contribution in [2.75, 3.05) is 26.2 Å². The zero-order valence-electron chi connectivity index (χ0n) is 13.7. The Bertz CT molecular complexity index is 370. The Morgan fingerprint density at radius 3 is 2.52 bits per heavy atom. The number of guanidine groups is 1. The highest BCUT2D eigenvalue weighted by Crippen LogP contribution is 2.54. The molecule has 0 amide bonds. The van der Waals surface area contributed by atoms with Gasteiger partial charge >= 0.3 is 0 Å². The molecule has 1 heterocycles. The number of aliphatic imine (C=N–C) groups is 1. The average Bonchev–Trinajstić information content (AvgIpc) is 3.17. The molecule has 3 rings (SSSR count). The van der Waals surface area contributed by atoms with Gasteiger partial charge in [0.05, 0.1) is 6.10 Å². The third-order valence-corrected chi connectivity index (χ3v) is 5.70. The second-order valence-electron chi connectivity index (χ2n) is 6.81. The standard InChI is InChI=1S/C17H31N3O/c1-3-18-16(20-11-7-8-12-20)19-14-13-15(21-4-2)17(14)9-5-6-10-17/h14-15H,3-13H2,1-2H3,(H,18,19). The molecule has 2 saturated carbocycles. The van der Waals surface area contributed by atoms with Crippen LogP contribution < -0.4 is 5.32 Å². The van der Waals surface area contributed by atoms with E-state index in [4.69, 9.17) is 9.73 Å². The van der Waals surface area contributed by atoms with Crippen LogP contribution in [0.2, 0.25) is 0 Å². The van der Waals surface area contributed by atoms with E-state index in [0.717, 1.165) is 25.5 Å². The number of rotatable bonds is 4. The molecule has 0 aromatic rings. The largest absolute Gasteiger partial charge is 0.378 e. The minimum Gasteiger partial charge on any atom is -0.378 e. The van der Waals surface area contributed by atoms with Crippen LogP contribution in [0.25, 0.3) is 0 Å². The molecule has 21 heavy (non-hydrogen) atoms. The molecule has 4 nitrogen and oxygen atoms in total. The maximum absolute atomic E-state index is 6.02. The van der Waals surface area contributed by atoms with E-state index in [1.807, 2.05) is 0 Å². The summed E-state index contributed by atoms with van der Waals surface area (Å²) in [6.45, 7) is 8.31. The minimum absolute atomic E-state index is 0.393. The van der Waals surface area contributed by atoms with Crippen molar-refractivity contribution in [3.05, 3.63) is 0 Å². The van der Waals surface area contributed by atoms with E-state index in [2.05, 4.69) is 24.1 Å². The predicted molar refractivity (Wildman–Crippen MR) is 86.6 cm³/mol. The normalized spacial score (nSPS) is 31.7. The molecule has 3 fully saturated rings. The van der Waals surface area contributed by atoms with Gasteiger partial charge in [-0.05, 0) is 46.0 Å². The molecule has 2 unspecified atom stereocenters. The van der Waals surface area contributed by atoms with E-state index >= 15 is 0 Å². The Kier molecular flexibility index (Phi) is 4.72. The number of hydrogen-bond acceptors (Lipinski definition) is 2. The number of nitrogens with zero attached hydrogens (tertiary/aromatic N) is 2. The first kappa shape index (κ1) is 15.1. The zero-order valence-corrected chi connectivity index (χ0v) is 13.7. The van der Waals surface area contributed by atoms with Crippen LogP contribution in [0.3, 0.4) is 0 Å². The third-order valence-electron chi connectivity index (χ3n) is 5.70. The maximum atomic E-state index is 6.02. The fraction of sp³-hybridized carbons (Fsp3) is 0.941. The third kappa shape index (κ3) is 2.79. The first-order chi connectivity index (χ1) is 10.3. The van der Waals surface area contributed by atoms with Crippen LogP contribution in [0.15, 0.2) is 4.99 Å². The van der Waals surface area contributed by atoms with Gasteiger partial charge in [-0.25, -0.2) is 0 Å². The molecule has 2 atom stereocenters. The van der Waals surface area contributed by atoms with Crippen molar-refractivity contribution in [3.63, 3.8) is 0 Å². The molecule has 2 aliphatic carbocycles. The van der Waals surface area contributed by atoms with Crippen molar-refractivity contribution in [3.8, 4) is 0 Å². The number of likely N-dealkylation sites (tertiary alicyclic amines) is 1. The van der Waals surface area contributed by atoms with Crippen LogP contribution in [0.5, 0.6) is 0 Å². The SMILES string of the molecule is CCN=C(NC1CC(OCC)C12CCCC2)N1CCCC1. The summed E-state index contributed by atoms with van der Waals surface area (Å²) in [6, 6.07) is 0.572. The smallest absolute Gasteiger partial charge is 0.194 e. The molecule has 1 spiro atoms. The van der Waals surface area contributed by atoms with Crippen molar-refractivity contribution in [1.82, 2.24) is 10.2 Å². The van der Waals surface area contributed by atoms with E-state index in [-0.39, 0.29) is 0 Å². The summed E-state index contributed by atoms with van der Waals surface area (Å²) in [5.41, 5.74) is 0.393. The van der Waals surface area contributed by atoms with Crippen molar-refractivity contribution in [2.24, 2.45) is 10.4 Å². The Morgan fingerprint density at radius 2 is 1.90 bits per heavy atom. The van der Waals surface area contributed by atoms with Crippen LogP contribution in [0.1, 0.15) is 58.8 Å². The lowest BCUT2D eigenvalue weighted by Gasteiger charge is -2.54. The lowest BCUT2D eigenvalue weighted by Crippen LogP contribution is -2.65. The fourth-order valence-electron chi connectivity index (χ4n) is 4.56. The Labute approximate surface area is 129 Å². The molecule has 0 aromatic heterocycles. The Hall–Kier alpha value is -0.770.